The molecule has 2 aromatic rings. The molecule has 0 aliphatic carbocycles. The lowest BCUT2D eigenvalue weighted by Gasteiger charge is -2.12. The zero-order valence-electron chi connectivity index (χ0n) is 10.8. The lowest BCUT2D eigenvalue weighted by molar-refractivity contribution is 0.303. The first-order chi connectivity index (χ1) is 8.56. The standard InChI is InChI=1S/C15H16BrNO/c1-10-4-11(2)12(3)15(5-10)18-9-13-6-14(16)8-17-7-13/h4-8H,9H2,1-3H3. The molecule has 0 atom stereocenters. The number of nitrogens with zero attached hydrogens (tertiary/aromatic N) is 1. The monoisotopic (exact) mass is 305 g/mol. The average molecular weight is 306 g/mol. The van der Waals surface area contributed by atoms with Gasteiger partial charge in [0.1, 0.15) is 12.4 Å². The number of ether oxygens (including phenoxy) is 1. The Morgan fingerprint density at radius 3 is 2.61 bits per heavy atom. The maximum atomic E-state index is 5.88. The molecule has 0 N–H and O–H groups in total. The topological polar surface area (TPSA) is 22.1 Å². The SMILES string of the molecule is Cc1cc(C)c(C)c(OCc2cncc(Br)c2)c1. The van der Waals surface area contributed by atoms with Crippen LogP contribution >= 0.6 is 15.9 Å². The lowest BCUT2D eigenvalue weighted by Crippen LogP contribution is -1.99. The van der Waals surface area contributed by atoms with Crippen LogP contribution in [0.25, 0.3) is 0 Å². The van der Waals surface area contributed by atoms with Crippen molar-refractivity contribution in [2.45, 2.75) is 27.4 Å². The van der Waals surface area contributed by atoms with Crippen molar-refractivity contribution >= 4 is 15.9 Å². The van der Waals surface area contributed by atoms with E-state index in [-0.39, 0.29) is 0 Å². The van der Waals surface area contributed by atoms with Crippen LogP contribution in [-0.2, 0) is 6.61 Å². The molecule has 1 aromatic carbocycles. The van der Waals surface area contributed by atoms with E-state index in [9.17, 15) is 0 Å². The van der Waals surface area contributed by atoms with E-state index in [4.69, 9.17) is 4.74 Å². The van der Waals surface area contributed by atoms with Crippen LogP contribution < -0.4 is 4.74 Å². The smallest absolute Gasteiger partial charge is 0.123 e. The molecule has 0 saturated carbocycles. The minimum absolute atomic E-state index is 0.538. The Balaban J connectivity index is 2.15. The molecule has 3 heteroatoms. The average Bonchev–Trinajstić information content (AvgIpc) is 2.32. The highest BCUT2D eigenvalue weighted by Crippen LogP contribution is 2.24. The second kappa shape index (κ2) is 5.53. The van der Waals surface area contributed by atoms with Crippen LogP contribution in [0.2, 0.25) is 0 Å². The molecule has 0 aliphatic heterocycles. The van der Waals surface area contributed by atoms with E-state index in [1.807, 2.05) is 12.3 Å². The molecule has 1 heterocycles. The highest BCUT2D eigenvalue weighted by Gasteiger charge is 2.04. The fraction of sp³-hybridized carbons (Fsp3) is 0.267. The maximum absolute atomic E-state index is 5.88. The molecule has 0 fully saturated rings. The maximum Gasteiger partial charge on any atom is 0.123 e. The van der Waals surface area contributed by atoms with Gasteiger partial charge in [-0.05, 0) is 65.5 Å². The second-order valence-electron chi connectivity index (χ2n) is 4.51. The summed E-state index contributed by atoms with van der Waals surface area (Å²) >= 11 is 3.41. The summed E-state index contributed by atoms with van der Waals surface area (Å²) in [5, 5.41) is 0. The van der Waals surface area contributed by atoms with Crippen LogP contribution in [0, 0.1) is 20.8 Å². The van der Waals surface area contributed by atoms with Crippen molar-refractivity contribution in [2.24, 2.45) is 0 Å². The zero-order valence-corrected chi connectivity index (χ0v) is 12.4. The van der Waals surface area contributed by atoms with Crippen molar-refractivity contribution in [3.8, 4) is 5.75 Å². The van der Waals surface area contributed by atoms with Gasteiger partial charge < -0.3 is 4.74 Å². The van der Waals surface area contributed by atoms with Crippen LogP contribution in [0.5, 0.6) is 5.75 Å². The van der Waals surface area contributed by atoms with Crippen molar-refractivity contribution in [3.05, 3.63) is 57.3 Å². The lowest BCUT2D eigenvalue weighted by atomic mass is 10.1. The summed E-state index contributed by atoms with van der Waals surface area (Å²) < 4.78 is 6.85. The molecular weight excluding hydrogens is 290 g/mol. The van der Waals surface area contributed by atoms with E-state index in [1.54, 1.807) is 6.20 Å². The summed E-state index contributed by atoms with van der Waals surface area (Å²) in [5.41, 5.74) is 4.74. The first kappa shape index (κ1) is 13.1. The molecule has 0 aliphatic rings. The van der Waals surface area contributed by atoms with Gasteiger partial charge in [0.25, 0.3) is 0 Å². The predicted molar refractivity (Wildman–Crippen MR) is 76.9 cm³/mol. The van der Waals surface area contributed by atoms with Crippen molar-refractivity contribution < 1.29 is 4.74 Å². The minimum atomic E-state index is 0.538. The summed E-state index contributed by atoms with van der Waals surface area (Å²) in [5.74, 6) is 0.951. The molecule has 2 nitrogen and oxygen atoms in total. The number of aryl methyl sites for hydroxylation is 2. The fourth-order valence-corrected chi connectivity index (χ4v) is 2.26. The number of aromatic nitrogens is 1. The number of pyridine rings is 1. The number of hydrogen-bond acceptors (Lipinski definition) is 2. The van der Waals surface area contributed by atoms with Crippen LogP contribution in [0.1, 0.15) is 22.3 Å². The summed E-state index contributed by atoms with van der Waals surface area (Å²) in [7, 11) is 0. The Morgan fingerprint density at radius 1 is 1.11 bits per heavy atom. The summed E-state index contributed by atoms with van der Waals surface area (Å²) in [6.07, 6.45) is 3.59. The Hall–Kier alpha value is -1.35. The van der Waals surface area contributed by atoms with Gasteiger partial charge in [0.15, 0.2) is 0 Å². The van der Waals surface area contributed by atoms with Gasteiger partial charge in [-0.25, -0.2) is 0 Å². The van der Waals surface area contributed by atoms with Crippen LogP contribution in [-0.4, -0.2) is 4.98 Å². The van der Waals surface area contributed by atoms with Gasteiger partial charge in [0, 0.05) is 22.4 Å². The van der Waals surface area contributed by atoms with Crippen molar-refractivity contribution in [2.75, 3.05) is 0 Å². The summed E-state index contributed by atoms with van der Waals surface area (Å²) in [4.78, 5) is 4.13. The Kier molecular flexibility index (Phi) is 4.02. The Bertz CT molecular complexity index is 566. The van der Waals surface area contributed by atoms with Gasteiger partial charge >= 0.3 is 0 Å². The first-order valence-electron chi connectivity index (χ1n) is 5.86. The molecule has 0 spiro atoms. The van der Waals surface area contributed by atoms with E-state index in [1.165, 1.54) is 16.7 Å². The molecular formula is C15H16BrNO. The molecule has 0 amide bonds. The van der Waals surface area contributed by atoms with E-state index < -0.39 is 0 Å². The van der Waals surface area contributed by atoms with Crippen LogP contribution in [0.3, 0.4) is 0 Å². The quantitative estimate of drug-likeness (QED) is 0.841. The van der Waals surface area contributed by atoms with E-state index >= 15 is 0 Å². The molecule has 1 aromatic heterocycles. The van der Waals surface area contributed by atoms with Crippen molar-refractivity contribution in [1.82, 2.24) is 4.98 Å². The van der Waals surface area contributed by atoms with Crippen molar-refractivity contribution in [1.29, 1.82) is 0 Å². The third-order valence-electron chi connectivity index (χ3n) is 2.92. The van der Waals surface area contributed by atoms with Gasteiger partial charge in [-0.3, -0.25) is 4.98 Å². The highest BCUT2D eigenvalue weighted by atomic mass is 79.9. The van der Waals surface area contributed by atoms with Crippen molar-refractivity contribution in [3.63, 3.8) is 0 Å². The third-order valence-corrected chi connectivity index (χ3v) is 3.35. The fourth-order valence-electron chi connectivity index (χ4n) is 1.85. The van der Waals surface area contributed by atoms with Gasteiger partial charge in [0.05, 0.1) is 0 Å². The molecule has 0 radical (unpaired) electrons. The van der Waals surface area contributed by atoms with E-state index in [0.717, 1.165) is 15.8 Å². The third kappa shape index (κ3) is 3.10. The van der Waals surface area contributed by atoms with E-state index in [2.05, 4.69) is 53.8 Å². The normalized spacial score (nSPS) is 10.4. The summed E-state index contributed by atoms with van der Waals surface area (Å²) in [6.45, 7) is 6.81. The number of benzene rings is 1. The highest BCUT2D eigenvalue weighted by molar-refractivity contribution is 9.10. The number of rotatable bonds is 3. The first-order valence-corrected chi connectivity index (χ1v) is 6.65. The number of hydrogen-bond donors (Lipinski definition) is 0. The molecule has 2 rings (SSSR count). The molecule has 0 bridgehead atoms. The number of halogens is 1. The largest absolute Gasteiger partial charge is 0.489 e. The minimum Gasteiger partial charge on any atom is -0.489 e. The zero-order chi connectivity index (χ0) is 13.1. The van der Waals surface area contributed by atoms with Crippen LogP contribution in [0.15, 0.2) is 35.1 Å². The second-order valence-corrected chi connectivity index (χ2v) is 5.42. The van der Waals surface area contributed by atoms with Gasteiger partial charge in [-0.1, -0.05) is 6.07 Å². The molecule has 18 heavy (non-hydrogen) atoms. The predicted octanol–water partition coefficient (Wildman–Crippen LogP) is 4.35. The Labute approximate surface area is 116 Å². The molecule has 94 valence electrons. The van der Waals surface area contributed by atoms with Gasteiger partial charge in [-0.2, -0.15) is 0 Å². The summed E-state index contributed by atoms with van der Waals surface area (Å²) in [6, 6.07) is 6.27. The van der Waals surface area contributed by atoms with Crippen LogP contribution in [0.4, 0.5) is 0 Å². The van der Waals surface area contributed by atoms with Gasteiger partial charge in [-0.15, -0.1) is 0 Å². The molecule has 0 saturated heterocycles. The Morgan fingerprint density at radius 2 is 1.89 bits per heavy atom. The molecule has 0 unspecified atom stereocenters. The van der Waals surface area contributed by atoms with E-state index in [0.29, 0.717) is 6.61 Å². The van der Waals surface area contributed by atoms with Gasteiger partial charge in [0.2, 0.25) is 0 Å².